The molecule has 1 atom stereocenters. The normalized spacial score (nSPS) is 13.4. The summed E-state index contributed by atoms with van der Waals surface area (Å²) in [6, 6.07) is 16.5. The number of hydrogen-bond acceptors (Lipinski definition) is 3. The van der Waals surface area contributed by atoms with E-state index < -0.39 is 18.1 Å². The summed E-state index contributed by atoms with van der Waals surface area (Å²) in [4.78, 5) is 24.1. The molecule has 0 spiro atoms. The Morgan fingerprint density at radius 2 is 1.72 bits per heavy atom. The van der Waals surface area contributed by atoms with Crippen LogP contribution in [0.1, 0.15) is 28.8 Å². The standard InChI is InChI=1S/C22H19BrN2O4/c1-25-11-13(23)10-19(25)20(21(26)27)24-22(28)29-12-18-16-8-4-2-6-14(16)15-7-3-5-9-17(15)18/h2-11,18,20H,12H2,1H3,(H,24,28)(H,26,27). The molecule has 0 radical (unpaired) electrons. The minimum atomic E-state index is -1.21. The molecule has 0 saturated carbocycles. The largest absolute Gasteiger partial charge is 0.479 e. The molecule has 2 aromatic carbocycles. The fourth-order valence-electron chi connectivity index (χ4n) is 3.85. The molecule has 1 aliphatic rings. The highest BCUT2D eigenvalue weighted by molar-refractivity contribution is 9.10. The van der Waals surface area contributed by atoms with Crippen molar-refractivity contribution in [3.8, 4) is 11.1 Å². The van der Waals surface area contributed by atoms with Gasteiger partial charge in [-0.2, -0.15) is 0 Å². The summed E-state index contributed by atoms with van der Waals surface area (Å²) >= 11 is 3.32. The van der Waals surface area contributed by atoms with Crippen LogP contribution in [0.3, 0.4) is 0 Å². The topological polar surface area (TPSA) is 80.6 Å². The Hall–Kier alpha value is -3.06. The molecule has 1 heterocycles. The van der Waals surface area contributed by atoms with Crippen LogP contribution in [0.4, 0.5) is 4.79 Å². The van der Waals surface area contributed by atoms with Gasteiger partial charge >= 0.3 is 12.1 Å². The van der Waals surface area contributed by atoms with Crippen LogP contribution in [0.2, 0.25) is 0 Å². The Morgan fingerprint density at radius 3 is 2.24 bits per heavy atom. The molecule has 0 bridgehead atoms. The predicted octanol–water partition coefficient (Wildman–Crippen LogP) is 4.45. The number of alkyl carbamates (subject to hydrolysis) is 1. The van der Waals surface area contributed by atoms with Gasteiger partial charge in [-0.15, -0.1) is 0 Å². The quantitative estimate of drug-likeness (QED) is 0.596. The van der Waals surface area contributed by atoms with E-state index in [0.29, 0.717) is 5.69 Å². The van der Waals surface area contributed by atoms with Crippen molar-refractivity contribution in [3.63, 3.8) is 0 Å². The average Bonchev–Trinajstić information content (AvgIpc) is 3.20. The first-order chi connectivity index (χ1) is 14.0. The number of halogens is 1. The van der Waals surface area contributed by atoms with E-state index in [0.717, 1.165) is 26.7 Å². The van der Waals surface area contributed by atoms with Crippen LogP contribution in [0.15, 0.2) is 65.3 Å². The number of benzene rings is 2. The van der Waals surface area contributed by atoms with E-state index in [1.54, 1.807) is 23.9 Å². The number of carbonyl (C=O) groups excluding carboxylic acids is 1. The molecule has 2 N–H and O–H groups in total. The molecule has 29 heavy (non-hydrogen) atoms. The van der Waals surface area contributed by atoms with Crippen LogP contribution in [0, 0.1) is 0 Å². The number of rotatable bonds is 5. The van der Waals surface area contributed by atoms with Gasteiger partial charge in [0.05, 0.1) is 5.69 Å². The number of aryl methyl sites for hydroxylation is 1. The number of hydrogen-bond donors (Lipinski definition) is 2. The second-order valence-corrected chi connectivity index (χ2v) is 7.85. The Bertz CT molecular complexity index is 1050. The maximum atomic E-state index is 12.4. The zero-order chi connectivity index (χ0) is 20.5. The highest BCUT2D eigenvalue weighted by atomic mass is 79.9. The number of ether oxygens (including phenoxy) is 1. The highest BCUT2D eigenvalue weighted by Crippen LogP contribution is 2.44. The Labute approximate surface area is 176 Å². The number of fused-ring (bicyclic) bond motifs is 3. The number of nitrogens with one attached hydrogen (secondary N) is 1. The molecule has 1 unspecified atom stereocenters. The SMILES string of the molecule is Cn1cc(Br)cc1C(NC(=O)OCC1c2ccccc2-c2ccccc21)C(=O)O. The lowest BCUT2D eigenvalue weighted by molar-refractivity contribution is -0.139. The summed E-state index contributed by atoms with van der Waals surface area (Å²) in [7, 11) is 1.72. The van der Waals surface area contributed by atoms with Crippen molar-refractivity contribution in [2.45, 2.75) is 12.0 Å². The summed E-state index contributed by atoms with van der Waals surface area (Å²) in [5.74, 6) is -1.24. The van der Waals surface area contributed by atoms with Crippen molar-refractivity contribution in [1.82, 2.24) is 9.88 Å². The minimum Gasteiger partial charge on any atom is -0.479 e. The van der Waals surface area contributed by atoms with Gasteiger partial charge in [0.15, 0.2) is 6.04 Å². The van der Waals surface area contributed by atoms with E-state index in [9.17, 15) is 14.7 Å². The Balaban J connectivity index is 1.50. The third-order valence-electron chi connectivity index (χ3n) is 5.16. The molecular weight excluding hydrogens is 436 g/mol. The van der Waals surface area contributed by atoms with E-state index in [1.807, 2.05) is 36.4 Å². The molecule has 3 aromatic rings. The van der Waals surface area contributed by atoms with Gasteiger partial charge in [-0.05, 0) is 44.3 Å². The van der Waals surface area contributed by atoms with Crippen LogP contribution >= 0.6 is 15.9 Å². The van der Waals surface area contributed by atoms with Gasteiger partial charge in [-0.1, -0.05) is 48.5 Å². The number of aromatic nitrogens is 1. The highest BCUT2D eigenvalue weighted by Gasteiger charge is 2.30. The zero-order valence-electron chi connectivity index (χ0n) is 15.6. The van der Waals surface area contributed by atoms with Crippen molar-refractivity contribution in [3.05, 3.63) is 82.1 Å². The second kappa shape index (κ2) is 7.75. The van der Waals surface area contributed by atoms with Crippen LogP contribution in [0.25, 0.3) is 11.1 Å². The molecule has 4 rings (SSSR count). The lowest BCUT2D eigenvalue weighted by Crippen LogP contribution is -2.35. The van der Waals surface area contributed by atoms with Gasteiger partial charge in [0.1, 0.15) is 6.61 Å². The number of carbonyl (C=O) groups is 2. The summed E-state index contributed by atoms with van der Waals surface area (Å²) in [6.07, 6.45) is 0.960. The number of carboxylic acid groups (broad SMARTS) is 1. The van der Waals surface area contributed by atoms with Crippen molar-refractivity contribution < 1.29 is 19.4 Å². The lowest BCUT2D eigenvalue weighted by atomic mass is 9.98. The third kappa shape index (κ3) is 3.65. The maximum Gasteiger partial charge on any atom is 0.408 e. The van der Waals surface area contributed by atoms with Crippen molar-refractivity contribution in [1.29, 1.82) is 0 Å². The molecule has 1 aromatic heterocycles. The molecule has 0 aliphatic heterocycles. The summed E-state index contributed by atoms with van der Waals surface area (Å²) in [5, 5.41) is 12.0. The summed E-state index contributed by atoms with van der Waals surface area (Å²) in [5.41, 5.74) is 4.91. The Kier molecular flexibility index (Phi) is 5.15. The molecule has 0 saturated heterocycles. The van der Waals surface area contributed by atoms with Gasteiger partial charge in [0, 0.05) is 23.6 Å². The lowest BCUT2D eigenvalue weighted by Gasteiger charge is -2.18. The van der Waals surface area contributed by atoms with Gasteiger partial charge in [0.2, 0.25) is 0 Å². The monoisotopic (exact) mass is 454 g/mol. The number of carboxylic acids is 1. The van der Waals surface area contributed by atoms with E-state index in [4.69, 9.17) is 4.74 Å². The average molecular weight is 455 g/mol. The fourth-order valence-corrected chi connectivity index (χ4v) is 4.39. The van der Waals surface area contributed by atoms with E-state index in [2.05, 4.69) is 33.4 Å². The first-order valence-corrected chi connectivity index (χ1v) is 9.91. The Morgan fingerprint density at radius 1 is 1.14 bits per heavy atom. The molecule has 1 amide bonds. The van der Waals surface area contributed by atoms with E-state index >= 15 is 0 Å². The number of amides is 1. The first kappa shape index (κ1) is 19.3. The molecular formula is C22H19BrN2O4. The van der Waals surface area contributed by atoms with Gasteiger partial charge in [-0.25, -0.2) is 9.59 Å². The van der Waals surface area contributed by atoms with Crippen LogP contribution in [-0.4, -0.2) is 28.3 Å². The molecule has 1 aliphatic carbocycles. The molecule has 0 fully saturated rings. The van der Waals surface area contributed by atoms with Crippen molar-refractivity contribution >= 4 is 28.0 Å². The molecule has 6 nitrogen and oxygen atoms in total. The summed E-state index contributed by atoms with van der Waals surface area (Å²) < 4.78 is 7.83. The first-order valence-electron chi connectivity index (χ1n) is 9.12. The molecule has 7 heteroatoms. The van der Waals surface area contributed by atoms with Gasteiger partial charge in [-0.3, -0.25) is 0 Å². The maximum absolute atomic E-state index is 12.4. The van der Waals surface area contributed by atoms with Crippen molar-refractivity contribution in [2.24, 2.45) is 7.05 Å². The third-order valence-corrected chi connectivity index (χ3v) is 5.59. The number of nitrogens with zero attached hydrogens (tertiary/aromatic N) is 1. The van der Waals surface area contributed by atoms with E-state index in [1.165, 1.54) is 0 Å². The zero-order valence-corrected chi connectivity index (χ0v) is 17.2. The van der Waals surface area contributed by atoms with Gasteiger partial charge in [0.25, 0.3) is 0 Å². The number of aliphatic carboxylic acids is 1. The van der Waals surface area contributed by atoms with Crippen molar-refractivity contribution in [2.75, 3.05) is 6.61 Å². The van der Waals surface area contributed by atoms with Gasteiger partial charge < -0.3 is 19.7 Å². The van der Waals surface area contributed by atoms with E-state index in [-0.39, 0.29) is 12.5 Å². The van der Waals surface area contributed by atoms with Crippen LogP contribution < -0.4 is 5.32 Å². The molecule has 148 valence electrons. The minimum absolute atomic E-state index is 0.0828. The predicted molar refractivity (Wildman–Crippen MR) is 112 cm³/mol. The summed E-state index contributed by atoms with van der Waals surface area (Å²) in [6.45, 7) is 0.128. The fraction of sp³-hybridized carbons (Fsp3) is 0.182. The second-order valence-electron chi connectivity index (χ2n) is 6.94. The van der Waals surface area contributed by atoms with Crippen LogP contribution in [-0.2, 0) is 16.6 Å². The smallest absolute Gasteiger partial charge is 0.408 e. The van der Waals surface area contributed by atoms with Crippen LogP contribution in [0.5, 0.6) is 0 Å².